The van der Waals surface area contributed by atoms with Crippen molar-refractivity contribution < 1.29 is 4.52 Å². The zero-order valence-electron chi connectivity index (χ0n) is 14.6. The second-order valence-corrected chi connectivity index (χ2v) is 6.84. The highest BCUT2D eigenvalue weighted by atomic mass is 35.5. The van der Waals surface area contributed by atoms with Crippen molar-refractivity contribution in [3.63, 3.8) is 0 Å². The standard InChI is InChI=1S/C17H17Cl3N6O/c1-21-17(22-8-12-7-13(19)15(20)26(12)2)23-9-14-24-16(25-27-14)10-4-3-5-11(18)6-10/h3-7H,8-9H2,1-2H3,(H2,21,22,23). The number of benzene rings is 1. The zero-order valence-corrected chi connectivity index (χ0v) is 16.9. The molecule has 27 heavy (non-hydrogen) atoms. The maximum absolute atomic E-state index is 6.07. The molecule has 7 nitrogen and oxygen atoms in total. The molecule has 2 aromatic heterocycles. The van der Waals surface area contributed by atoms with Gasteiger partial charge in [-0.3, -0.25) is 4.99 Å². The molecule has 0 spiro atoms. The number of nitrogens with zero attached hydrogens (tertiary/aromatic N) is 4. The molecule has 10 heteroatoms. The first-order chi connectivity index (χ1) is 13.0. The Morgan fingerprint density at radius 3 is 2.63 bits per heavy atom. The van der Waals surface area contributed by atoms with Gasteiger partial charge in [0.25, 0.3) is 0 Å². The highest BCUT2D eigenvalue weighted by Gasteiger charge is 2.11. The highest BCUT2D eigenvalue weighted by molar-refractivity contribution is 6.41. The number of hydrogen-bond acceptors (Lipinski definition) is 4. The van der Waals surface area contributed by atoms with Gasteiger partial charge in [0, 0.05) is 30.4 Å². The average molecular weight is 428 g/mol. The number of aliphatic imine (C=N–C) groups is 1. The second-order valence-electron chi connectivity index (χ2n) is 5.63. The predicted molar refractivity (Wildman–Crippen MR) is 107 cm³/mol. The molecule has 0 atom stereocenters. The van der Waals surface area contributed by atoms with Crippen molar-refractivity contribution in [1.29, 1.82) is 0 Å². The van der Waals surface area contributed by atoms with Gasteiger partial charge in [0.1, 0.15) is 5.15 Å². The van der Waals surface area contributed by atoms with E-state index in [9.17, 15) is 0 Å². The van der Waals surface area contributed by atoms with Crippen LogP contribution in [0.25, 0.3) is 11.4 Å². The van der Waals surface area contributed by atoms with Crippen LogP contribution in [0.1, 0.15) is 11.6 Å². The van der Waals surface area contributed by atoms with E-state index in [-0.39, 0.29) is 0 Å². The van der Waals surface area contributed by atoms with E-state index in [1.807, 2.05) is 19.2 Å². The Morgan fingerprint density at radius 1 is 1.19 bits per heavy atom. The van der Waals surface area contributed by atoms with Crippen molar-refractivity contribution >= 4 is 40.8 Å². The summed E-state index contributed by atoms with van der Waals surface area (Å²) in [5.41, 5.74) is 1.71. The molecule has 3 rings (SSSR count). The van der Waals surface area contributed by atoms with E-state index in [0.29, 0.717) is 46.0 Å². The van der Waals surface area contributed by atoms with Gasteiger partial charge in [-0.1, -0.05) is 52.1 Å². The normalized spacial score (nSPS) is 11.7. The van der Waals surface area contributed by atoms with Crippen LogP contribution in [0.2, 0.25) is 15.2 Å². The summed E-state index contributed by atoms with van der Waals surface area (Å²) in [7, 11) is 3.52. The molecule has 142 valence electrons. The zero-order chi connectivity index (χ0) is 19.4. The van der Waals surface area contributed by atoms with Gasteiger partial charge in [0.15, 0.2) is 5.96 Å². The smallest absolute Gasteiger partial charge is 0.246 e. The van der Waals surface area contributed by atoms with Crippen molar-refractivity contribution in [3.05, 3.63) is 57.1 Å². The molecule has 0 aliphatic carbocycles. The first kappa shape index (κ1) is 19.5. The number of aromatic nitrogens is 3. The number of halogens is 3. The van der Waals surface area contributed by atoms with Crippen molar-refractivity contribution in [1.82, 2.24) is 25.3 Å². The van der Waals surface area contributed by atoms with Crippen LogP contribution in [0, 0.1) is 0 Å². The largest absolute Gasteiger partial charge is 0.351 e. The van der Waals surface area contributed by atoms with Crippen LogP contribution in [0.3, 0.4) is 0 Å². The molecule has 0 bridgehead atoms. The molecule has 2 N–H and O–H groups in total. The summed E-state index contributed by atoms with van der Waals surface area (Å²) in [5.74, 6) is 1.48. The molecule has 0 aliphatic rings. The lowest BCUT2D eigenvalue weighted by molar-refractivity contribution is 0.375. The number of rotatable bonds is 5. The summed E-state index contributed by atoms with van der Waals surface area (Å²) in [6.07, 6.45) is 0. The SMILES string of the molecule is CN=C(NCc1nc(-c2cccc(Cl)c2)no1)NCc1cc(Cl)c(Cl)n1C. The third-order valence-electron chi connectivity index (χ3n) is 3.83. The minimum absolute atomic E-state index is 0.321. The molecule has 0 amide bonds. The topological polar surface area (TPSA) is 80.3 Å². The van der Waals surface area contributed by atoms with E-state index in [2.05, 4.69) is 25.8 Å². The Hall–Kier alpha value is -2.22. The minimum atomic E-state index is 0.321. The molecule has 3 aromatic rings. The fraction of sp³-hybridized carbons (Fsp3) is 0.235. The fourth-order valence-corrected chi connectivity index (χ4v) is 2.99. The summed E-state index contributed by atoms with van der Waals surface area (Å²) in [6, 6.07) is 9.07. The number of hydrogen-bond donors (Lipinski definition) is 2. The van der Waals surface area contributed by atoms with E-state index < -0.39 is 0 Å². The minimum Gasteiger partial charge on any atom is -0.351 e. The molecule has 0 unspecified atom stereocenters. The lowest BCUT2D eigenvalue weighted by Gasteiger charge is -2.11. The number of guanidine groups is 1. The molecule has 0 saturated heterocycles. The summed E-state index contributed by atoms with van der Waals surface area (Å²) < 4.78 is 7.07. The monoisotopic (exact) mass is 426 g/mol. The van der Waals surface area contributed by atoms with Crippen LogP contribution in [0.5, 0.6) is 0 Å². The predicted octanol–water partition coefficient (Wildman–Crippen LogP) is 3.90. The van der Waals surface area contributed by atoms with Gasteiger partial charge in [-0.15, -0.1) is 0 Å². The van der Waals surface area contributed by atoms with Crippen LogP contribution in [0.15, 0.2) is 39.8 Å². The lowest BCUT2D eigenvalue weighted by Crippen LogP contribution is -2.36. The Morgan fingerprint density at radius 2 is 1.96 bits per heavy atom. The van der Waals surface area contributed by atoms with Gasteiger partial charge in [0.05, 0.1) is 18.1 Å². The van der Waals surface area contributed by atoms with E-state index >= 15 is 0 Å². The van der Waals surface area contributed by atoms with Crippen molar-refractivity contribution in [2.45, 2.75) is 13.1 Å². The maximum Gasteiger partial charge on any atom is 0.246 e. The Labute approximate surface area is 171 Å². The molecule has 0 radical (unpaired) electrons. The summed E-state index contributed by atoms with van der Waals surface area (Å²) in [5, 5.41) is 11.9. The van der Waals surface area contributed by atoms with Gasteiger partial charge >= 0.3 is 0 Å². The summed E-state index contributed by atoms with van der Waals surface area (Å²) in [4.78, 5) is 8.52. The van der Waals surface area contributed by atoms with Crippen LogP contribution >= 0.6 is 34.8 Å². The second kappa shape index (κ2) is 8.65. The van der Waals surface area contributed by atoms with Crippen molar-refractivity contribution in [2.24, 2.45) is 12.0 Å². The third kappa shape index (κ3) is 4.74. The van der Waals surface area contributed by atoms with Crippen LogP contribution in [0.4, 0.5) is 0 Å². The molecule has 2 heterocycles. The molecule has 0 saturated carbocycles. The quantitative estimate of drug-likeness (QED) is 0.477. The molecule has 1 aromatic carbocycles. The number of nitrogens with one attached hydrogen (secondary N) is 2. The van der Waals surface area contributed by atoms with Crippen molar-refractivity contribution in [3.8, 4) is 11.4 Å². The summed E-state index contributed by atoms with van der Waals surface area (Å²) >= 11 is 18.1. The molecule has 0 aliphatic heterocycles. The van der Waals surface area contributed by atoms with Gasteiger partial charge in [-0.2, -0.15) is 4.98 Å². The van der Waals surface area contributed by atoms with Crippen LogP contribution in [-0.2, 0) is 20.1 Å². The first-order valence-corrected chi connectivity index (χ1v) is 9.14. The van der Waals surface area contributed by atoms with Gasteiger partial charge < -0.3 is 19.7 Å². The Balaban J connectivity index is 1.57. The van der Waals surface area contributed by atoms with Crippen LogP contribution < -0.4 is 10.6 Å². The fourth-order valence-electron chi connectivity index (χ4n) is 2.38. The molecular weight excluding hydrogens is 411 g/mol. The highest BCUT2D eigenvalue weighted by Crippen LogP contribution is 2.25. The van der Waals surface area contributed by atoms with Crippen molar-refractivity contribution in [2.75, 3.05) is 7.05 Å². The lowest BCUT2D eigenvalue weighted by atomic mass is 10.2. The average Bonchev–Trinajstić information content (AvgIpc) is 3.23. The molecule has 0 fully saturated rings. The van der Waals surface area contributed by atoms with E-state index in [1.165, 1.54) is 0 Å². The Bertz CT molecular complexity index is 965. The van der Waals surface area contributed by atoms with Crippen LogP contribution in [-0.4, -0.2) is 27.7 Å². The van der Waals surface area contributed by atoms with E-state index in [1.54, 1.807) is 29.8 Å². The van der Waals surface area contributed by atoms with Gasteiger partial charge in [-0.25, -0.2) is 0 Å². The van der Waals surface area contributed by atoms with E-state index in [0.717, 1.165) is 11.3 Å². The van der Waals surface area contributed by atoms with Gasteiger partial charge in [-0.05, 0) is 18.2 Å². The van der Waals surface area contributed by atoms with E-state index in [4.69, 9.17) is 39.3 Å². The molecular formula is C17H17Cl3N6O. The summed E-state index contributed by atoms with van der Waals surface area (Å²) in [6.45, 7) is 0.822. The Kier molecular flexibility index (Phi) is 6.26. The maximum atomic E-state index is 6.07. The first-order valence-electron chi connectivity index (χ1n) is 8.00. The van der Waals surface area contributed by atoms with Gasteiger partial charge in [0.2, 0.25) is 11.7 Å². The third-order valence-corrected chi connectivity index (χ3v) is 4.91.